The third-order valence-corrected chi connectivity index (χ3v) is 6.00. The van der Waals surface area contributed by atoms with Gasteiger partial charge in [0.15, 0.2) is 0 Å². The van der Waals surface area contributed by atoms with Gasteiger partial charge in [-0.3, -0.25) is 0 Å². The fourth-order valence-electron chi connectivity index (χ4n) is 2.51. The average Bonchev–Trinajstić information content (AvgIpc) is 2.45. The molecule has 21 heavy (non-hydrogen) atoms. The number of sulfonamides is 1. The Morgan fingerprint density at radius 2 is 2.14 bits per heavy atom. The van der Waals surface area contributed by atoms with Crippen molar-refractivity contribution in [3.63, 3.8) is 0 Å². The summed E-state index contributed by atoms with van der Waals surface area (Å²) in [6.07, 6.45) is 5.88. The molecule has 1 saturated carbocycles. The van der Waals surface area contributed by atoms with Gasteiger partial charge in [-0.05, 0) is 37.3 Å². The van der Waals surface area contributed by atoms with Crippen LogP contribution in [-0.4, -0.2) is 43.7 Å². The molecule has 7 heteroatoms. The topological polar surface area (TPSA) is 62.3 Å². The normalized spacial score (nSPS) is 23.2. The van der Waals surface area contributed by atoms with E-state index in [0.29, 0.717) is 11.7 Å². The molecule has 118 valence electrons. The smallest absolute Gasteiger partial charge is 0.244 e. The van der Waals surface area contributed by atoms with Gasteiger partial charge in [0.25, 0.3) is 0 Å². The summed E-state index contributed by atoms with van der Waals surface area (Å²) in [6, 6.07) is 3.28. The summed E-state index contributed by atoms with van der Waals surface area (Å²) in [4.78, 5) is 4.39. The van der Waals surface area contributed by atoms with Crippen molar-refractivity contribution >= 4 is 27.4 Å². The van der Waals surface area contributed by atoms with E-state index in [1.165, 1.54) is 37.4 Å². The molecule has 5 nitrogen and oxygen atoms in total. The van der Waals surface area contributed by atoms with Gasteiger partial charge in [-0.1, -0.05) is 6.42 Å². The lowest BCUT2D eigenvalue weighted by atomic mass is 9.89. The predicted octanol–water partition coefficient (Wildman–Crippen LogP) is 2.54. The molecule has 0 amide bonds. The van der Waals surface area contributed by atoms with E-state index in [9.17, 15) is 8.42 Å². The highest BCUT2D eigenvalue weighted by molar-refractivity contribution is 7.89. The molecule has 0 radical (unpaired) electrons. The first kappa shape index (κ1) is 16.5. The van der Waals surface area contributed by atoms with Crippen LogP contribution in [-0.2, 0) is 10.0 Å². The monoisotopic (exact) mass is 331 g/mol. The van der Waals surface area contributed by atoms with E-state index in [1.807, 2.05) is 0 Å². The standard InChI is InChI=1S/C14H22ClN3O2S/c1-18(2)21(19,20)13-6-7-14(17-10-13)16-9-11-4-3-5-12(15)8-11/h6-7,10-12H,3-5,8-9H2,1-2H3,(H,16,17). The highest BCUT2D eigenvalue weighted by atomic mass is 35.5. The molecule has 1 heterocycles. The lowest BCUT2D eigenvalue weighted by molar-refractivity contribution is 0.378. The van der Waals surface area contributed by atoms with Crippen LogP contribution in [0.5, 0.6) is 0 Å². The molecule has 1 aliphatic carbocycles. The zero-order valence-electron chi connectivity index (χ0n) is 12.4. The van der Waals surface area contributed by atoms with E-state index in [4.69, 9.17) is 11.6 Å². The Morgan fingerprint density at radius 3 is 2.71 bits per heavy atom. The Labute approximate surface area is 131 Å². The number of hydrogen-bond acceptors (Lipinski definition) is 4. The van der Waals surface area contributed by atoms with Crippen molar-refractivity contribution in [3.8, 4) is 0 Å². The number of nitrogens with one attached hydrogen (secondary N) is 1. The Bertz CT molecular complexity index is 560. The summed E-state index contributed by atoms with van der Waals surface area (Å²) in [5.74, 6) is 1.26. The van der Waals surface area contributed by atoms with Crippen LogP contribution in [0.15, 0.2) is 23.2 Å². The predicted molar refractivity (Wildman–Crippen MR) is 85.2 cm³/mol. The molecule has 0 aliphatic heterocycles. The summed E-state index contributed by atoms with van der Waals surface area (Å²) < 4.78 is 25.1. The Hall–Kier alpha value is -0.850. The number of alkyl halides is 1. The van der Waals surface area contributed by atoms with Gasteiger partial charge in [-0.2, -0.15) is 0 Å². The minimum atomic E-state index is -3.41. The van der Waals surface area contributed by atoms with E-state index < -0.39 is 10.0 Å². The molecule has 1 aromatic rings. The first-order valence-corrected chi connectivity index (χ1v) is 9.04. The van der Waals surface area contributed by atoms with E-state index in [1.54, 1.807) is 12.1 Å². The maximum Gasteiger partial charge on any atom is 0.244 e. The fraction of sp³-hybridized carbons (Fsp3) is 0.643. The van der Waals surface area contributed by atoms with Crippen molar-refractivity contribution < 1.29 is 8.42 Å². The molecule has 2 rings (SSSR count). The molecule has 1 aliphatic rings. The number of hydrogen-bond donors (Lipinski definition) is 1. The first-order chi connectivity index (χ1) is 9.89. The summed E-state index contributed by atoms with van der Waals surface area (Å²) in [5, 5.41) is 3.55. The molecule has 0 bridgehead atoms. The molecule has 0 aromatic carbocycles. The number of halogens is 1. The zero-order chi connectivity index (χ0) is 15.5. The molecule has 1 fully saturated rings. The van der Waals surface area contributed by atoms with Gasteiger partial charge in [-0.15, -0.1) is 11.6 Å². The van der Waals surface area contributed by atoms with Crippen LogP contribution in [0, 0.1) is 5.92 Å². The summed E-state index contributed by atoms with van der Waals surface area (Å²) in [6.45, 7) is 0.829. The van der Waals surface area contributed by atoms with Crippen molar-refractivity contribution in [2.45, 2.75) is 36.0 Å². The third kappa shape index (κ3) is 4.31. The molecule has 0 spiro atoms. The Morgan fingerprint density at radius 1 is 1.38 bits per heavy atom. The lowest BCUT2D eigenvalue weighted by Crippen LogP contribution is -2.23. The molecule has 0 saturated heterocycles. The van der Waals surface area contributed by atoms with Crippen LogP contribution < -0.4 is 5.32 Å². The maximum absolute atomic E-state index is 11.9. The summed E-state index contributed by atoms with van der Waals surface area (Å²) in [7, 11) is -0.397. The summed E-state index contributed by atoms with van der Waals surface area (Å²) >= 11 is 6.18. The molecule has 1 aromatic heterocycles. The van der Waals surface area contributed by atoms with Crippen LogP contribution in [0.1, 0.15) is 25.7 Å². The number of rotatable bonds is 5. The van der Waals surface area contributed by atoms with Gasteiger partial charge in [0.1, 0.15) is 10.7 Å². The van der Waals surface area contributed by atoms with E-state index in [0.717, 1.165) is 19.4 Å². The minimum Gasteiger partial charge on any atom is -0.370 e. The zero-order valence-corrected chi connectivity index (χ0v) is 14.0. The van der Waals surface area contributed by atoms with Gasteiger partial charge in [0.2, 0.25) is 10.0 Å². The quantitative estimate of drug-likeness (QED) is 0.842. The number of nitrogens with zero attached hydrogens (tertiary/aromatic N) is 2. The minimum absolute atomic E-state index is 0.205. The SMILES string of the molecule is CN(C)S(=O)(=O)c1ccc(NCC2CCCC(Cl)C2)nc1. The second kappa shape index (κ2) is 6.94. The number of anilines is 1. The Balaban J connectivity index is 1.94. The largest absolute Gasteiger partial charge is 0.370 e. The van der Waals surface area contributed by atoms with Crippen molar-refractivity contribution in [1.82, 2.24) is 9.29 Å². The first-order valence-electron chi connectivity index (χ1n) is 7.16. The van der Waals surface area contributed by atoms with Crippen molar-refractivity contribution in [2.24, 2.45) is 5.92 Å². The lowest BCUT2D eigenvalue weighted by Gasteiger charge is -2.25. The highest BCUT2D eigenvalue weighted by Gasteiger charge is 2.20. The van der Waals surface area contributed by atoms with Crippen molar-refractivity contribution in [1.29, 1.82) is 0 Å². The molecule has 1 N–H and O–H groups in total. The number of aromatic nitrogens is 1. The van der Waals surface area contributed by atoms with Crippen LogP contribution in [0.2, 0.25) is 0 Å². The van der Waals surface area contributed by atoms with E-state index in [-0.39, 0.29) is 10.3 Å². The molecule has 2 atom stereocenters. The van der Waals surface area contributed by atoms with Crippen LogP contribution in [0.4, 0.5) is 5.82 Å². The van der Waals surface area contributed by atoms with E-state index >= 15 is 0 Å². The molecular formula is C14H22ClN3O2S. The van der Waals surface area contributed by atoms with Gasteiger partial charge in [0, 0.05) is 32.2 Å². The van der Waals surface area contributed by atoms with Gasteiger partial charge < -0.3 is 5.32 Å². The Kier molecular flexibility index (Phi) is 5.46. The highest BCUT2D eigenvalue weighted by Crippen LogP contribution is 2.27. The van der Waals surface area contributed by atoms with Crippen molar-refractivity contribution in [3.05, 3.63) is 18.3 Å². The average molecular weight is 332 g/mol. The van der Waals surface area contributed by atoms with Crippen LogP contribution in [0.3, 0.4) is 0 Å². The molecular weight excluding hydrogens is 310 g/mol. The number of pyridine rings is 1. The van der Waals surface area contributed by atoms with Crippen molar-refractivity contribution in [2.75, 3.05) is 26.0 Å². The van der Waals surface area contributed by atoms with Gasteiger partial charge >= 0.3 is 0 Å². The van der Waals surface area contributed by atoms with E-state index in [2.05, 4.69) is 10.3 Å². The third-order valence-electron chi connectivity index (χ3n) is 3.81. The summed E-state index contributed by atoms with van der Waals surface area (Å²) in [5.41, 5.74) is 0. The van der Waals surface area contributed by atoms with Crippen LogP contribution >= 0.6 is 11.6 Å². The van der Waals surface area contributed by atoms with Gasteiger partial charge in [-0.25, -0.2) is 17.7 Å². The van der Waals surface area contributed by atoms with Gasteiger partial charge in [0.05, 0.1) is 0 Å². The maximum atomic E-state index is 11.9. The van der Waals surface area contributed by atoms with Crippen LogP contribution in [0.25, 0.3) is 0 Å². The second-order valence-corrected chi connectivity index (χ2v) is 8.45. The second-order valence-electron chi connectivity index (χ2n) is 5.68. The molecule has 2 unspecified atom stereocenters. The fourth-order valence-corrected chi connectivity index (χ4v) is 3.76.